The monoisotopic (exact) mass is 191 g/mol. The normalized spacial score (nSPS) is 11.8. The number of aromatic hydroxyl groups is 1. The van der Waals surface area contributed by atoms with Crippen LogP contribution in [0.1, 0.15) is 18.5 Å². The summed E-state index contributed by atoms with van der Waals surface area (Å²) in [4.78, 5) is 11.0. The maximum absolute atomic E-state index is 11.0. The summed E-state index contributed by atoms with van der Waals surface area (Å²) in [6.07, 6.45) is 1.22. The van der Waals surface area contributed by atoms with Gasteiger partial charge in [0.05, 0.1) is 6.04 Å². The van der Waals surface area contributed by atoms with Crippen molar-refractivity contribution in [2.75, 3.05) is 0 Å². The fourth-order valence-electron chi connectivity index (χ4n) is 1.15. The van der Waals surface area contributed by atoms with Crippen molar-refractivity contribution < 1.29 is 9.90 Å². The minimum Gasteiger partial charge on any atom is -0.508 e. The smallest absolute Gasteiger partial charge is 0.243 e. The predicted molar refractivity (Wildman–Crippen MR) is 54.9 cm³/mol. The molecular weight excluding hydrogens is 178 g/mol. The maximum atomic E-state index is 11.0. The SMILES string of the molecule is C=CC(=O)NC(C)c1cccc(O)c1. The van der Waals surface area contributed by atoms with Crippen LogP contribution in [-0.2, 0) is 4.79 Å². The van der Waals surface area contributed by atoms with Gasteiger partial charge in [0.1, 0.15) is 5.75 Å². The van der Waals surface area contributed by atoms with Crippen LogP contribution < -0.4 is 5.32 Å². The molecule has 3 heteroatoms. The number of hydrogen-bond acceptors (Lipinski definition) is 2. The Balaban J connectivity index is 2.74. The summed E-state index contributed by atoms with van der Waals surface area (Å²) in [5, 5.41) is 11.9. The van der Waals surface area contributed by atoms with Crippen LogP contribution in [0.15, 0.2) is 36.9 Å². The van der Waals surface area contributed by atoms with Crippen LogP contribution in [0.25, 0.3) is 0 Å². The van der Waals surface area contributed by atoms with Crippen LogP contribution in [0.3, 0.4) is 0 Å². The molecule has 0 heterocycles. The van der Waals surface area contributed by atoms with Gasteiger partial charge in [-0.3, -0.25) is 4.79 Å². The average molecular weight is 191 g/mol. The van der Waals surface area contributed by atoms with Crippen LogP contribution in [0, 0.1) is 0 Å². The van der Waals surface area contributed by atoms with Crippen LogP contribution in [0.4, 0.5) is 0 Å². The van der Waals surface area contributed by atoms with Crippen LogP contribution in [0.2, 0.25) is 0 Å². The van der Waals surface area contributed by atoms with Gasteiger partial charge in [-0.05, 0) is 30.7 Å². The van der Waals surface area contributed by atoms with Crippen molar-refractivity contribution in [2.45, 2.75) is 13.0 Å². The van der Waals surface area contributed by atoms with Crippen molar-refractivity contribution in [3.63, 3.8) is 0 Å². The molecule has 0 aromatic heterocycles. The molecule has 0 aliphatic carbocycles. The van der Waals surface area contributed by atoms with Gasteiger partial charge in [0, 0.05) is 0 Å². The summed E-state index contributed by atoms with van der Waals surface area (Å²) in [6, 6.07) is 6.65. The highest BCUT2D eigenvalue weighted by Crippen LogP contribution is 2.17. The Hall–Kier alpha value is -1.77. The lowest BCUT2D eigenvalue weighted by Crippen LogP contribution is -2.24. The zero-order valence-electron chi connectivity index (χ0n) is 8.03. The molecule has 0 aliphatic heterocycles. The first-order valence-electron chi connectivity index (χ1n) is 4.35. The van der Waals surface area contributed by atoms with Gasteiger partial charge in [-0.25, -0.2) is 0 Å². The fraction of sp³-hybridized carbons (Fsp3) is 0.182. The van der Waals surface area contributed by atoms with Crippen molar-refractivity contribution in [2.24, 2.45) is 0 Å². The molecule has 1 amide bonds. The number of phenols is 1. The largest absolute Gasteiger partial charge is 0.508 e. The van der Waals surface area contributed by atoms with E-state index in [1.807, 2.05) is 13.0 Å². The number of hydrogen-bond donors (Lipinski definition) is 2. The highest BCUT2D eigenvalue weighted by Gasteiger charge is 2.06. The van der Waals surface area contributed by atoms with E-state index in [-0.39, 0.29) is 17.7 Å². The molecule has 0 radical (unpaired) electrons. The molecular formula is C11H13NO2. The molecule has 0 spiro atoms. The summed E-state index contributed by atoms with van der Waals surface area (Å²) in [7, 11) is 0. The van der Waals surface area contributed by atoms with Gasteiger partial charge < -0.3 is 10.4 Å². The summed E-state index contributed by atoms with van der Waals surface area (Å²) >= 11 is 0. The summed E-state index contributed by atoms with van der Waals surface area (Å²) in [5.74, 6) is -0.0250. The molecule has 2 N–H and O–H groups in total. The van der Waals surface area contributed by atoms with Crippen molar-refractivity contribution in [3.05, 3.63) is 42.5 Å². The second-order valence-corrected chi connectivity index (χ2v) is 3.03. The number of carbonyl (C=O) groups is 1. The van der Waals surface area contributed by atoms with Crippen molar-refractivity contribution in [1.29, 1.82) is 0 Å². The number of phenolic OH excluding ortho intramolecular Hbond substituents is 1. The second-order valence-electron chi connectivity index (χ2n) is 3.03. The van der Waals surface area contributed by atoms with E-state index in [9.17, 15) is 9.90 Å². The van der Waals surface area contributed by atoms with E-state index in [4.69, 9.17) is 0 Å². The molecule has 0 fully saturated rings. The molecule has 0 saturated carbocycles. The summed E-state index contributed by atoms with van der Waals surface area (Å²) in [5.41, 5.74) is 0.861. The Kier molecular flexibility index (Phi) is 3.29. The van der Waals surface area contributed by atoms with Gasteiger partial charge in [0.25, 0.3) is 0 Å². The van der Waals surface area contributed by atoms with Gasteiger partial charge in [0.2, 0.25) is 5.91 Å². The minimum absolute atomic E-state index is 0.132. The van der Waals surface area contributed by atoms with Crippen LogP contribution in [0.5, 0.6) is 5.75 Å². The molecule has 0 aliphatic rings. The highest BCUT2D eigenvalue weighted by molar-refractivity contribution is 5.87. The van der Waals surface area contributed by atoms with Crippen molar-refractivity contribution >= 4 is 5.91 Å². The lowest BCUT2D eigenvalue weighted by molar-refractivity contribution is -0.117. The van der Waals surface area contributed by atoms with Crippen molar-refractivity contribution in [1.82, 2.24) is 5.32 Å². The molecule has 14 heavy (non-hydrogen) atoms. The Morgan fingerprint density at radius 3 is 2.93 bits per heavy atom. The lowest BCUT2D eigenvalue weighted by atomic mass is 10.1. The third kappa shape index (κ3) is 2.62. The Bertz CT molecular complexity index is 347. The third-order valence-corrected chi connectivity index (χ3v) is 1.91. The van der Waals surface area contributed by atoms with Gasteiger partial charge in [-0.2, -0.15) is 0 Å². The first kappa shape index (κ1) is 10.3. The number of nitrogens with one attached hydrogen (secondary N) is 1. The molecule has 1 unspecified atom stereocenters. The highest BCUT2D eigenvalue weighted by atomic mass is 16.3. The second kappa shape index (κ2) is 4.46. The van der Waals surface area contributed by atoms with Gasteiger partial charge in [0.15, 0.2) is 0 Å². The molecule has 1 atom stereocenters. The van der Waals surface area contributed by atoms with E-state index in [2.05, 4.69) is 11.9 Å². The van der Waals surface area contributed by atoms with E-state index in [1.165, 1.54) is 6.08 Å². The van der Waals surface area contributed by atoms with E-state index in [0.717, 1.165) is 5.56 Å². The first-order chi connectivity index (χ1) is 6.63. The van der Waals surface area contributed by atoms with Gasteiger partial charge in [-0.1, -0.05) is 18.7 Å². The molecule has 3 nitrogen and oxygen atoms in total. The Labute approximate surface area is 83.1 Å². The van der Waals surface area contributed by atoms with Crippen LogP contribution >= 0.6 is 0 Å². The number of rotatable bonds is 3. The van der Waals surface area contributed by atoms with Gasteiger partial charge >= 0.3 is 0 Å². The first-order valence-corrected chi connectivity index (χ1v) is 4.35. The zero-order valence-corrected chi connectivity index (χ0v) is 8.03. The fourth-order valence-corrected chi connectivity index (χ4v) is 1.15. The minimum atomic E-state index is -0.221. The molecule has 0 bridgehead atoms. The van der Waals surface area contributed by atoms with Crippen LogP contribution in [-0.4, -0.2) is 11.0 Å². The molecule has 1 aromatic carbocycles. The third-order valence-electron chi connectivity index (χ3n) is 1.91. The Morgan fingerprint density at radius 2 is 2.36 bits per heavy atom. The molecule has 1 aromatic rings. The summed E-state index contributed by atoms with van der Waals surface area (Å²) in [6.45, 7) is 5.21. The van der Waals surface area contributed by atoms with Crippen molar-refractivity contribution in [3.8, 4) is 5.75 Å². The quantitative estimate of drug-likeness (QED) is 0.715. The number of benzene rings is 1. The molecule has 74 valence electrons. The van der Waals surface area contributed by atoms with Gasteiger partial charge in [-0.15, -0.1) is 0 Å². The molecule has 1 rings (SSSR count). The number of carbonyl (C=O) groups excluding carboxylic acids is 1. The maximum Gasteiger partial charge on any atom is 0.243 e. The molecule has 0 saturated heterocycles. The summed E-state index contributed by atoms with van der Waals surface area (Å²) < 4.78 is 0. The standard InChI is InChI=1S/C11H13NO2/c1-3-11(14)12-8(2)9-5-4-6-10(13)7-9/h3-8,13H,1H2,2H3,(H,12,14). The lowest BCUT2D eigenvalue weighted by Gasteiger charge is -2.12. The van der Waals surface area contributed by atoms with E-state index < -0.39 is 0 Å². The van der Waals surface area contributed by atoms with E-state index >= 15 is 0 Å². The zero-order chi connectivity index (χ0) is 10.6. The van der Waals surface area contributed by atoms with E-state index in [1.54, 1.807) is 18.2 Å². The number of amides is 1. The predicted octanol–water partition coefficient (Wildman–Crippen LogP) is 1.76. The topological polar surface area (TPSA) is 49.3 Å². The van der Waals surface area contributed by atoms with E-state index in [0.29, 0.717) is 0 Å². The Morgan fingerprint density at radius 1 is 1.64 bits per heavy atom. The average Bonchev–Trinajstić information content (AvgIpc) is 2.17.